The summed E-state index contributed by atoms with van der Waals surface area (Å²) in [7, 11) is 0. The molecule has 1 amide bonds. The van der Waals surface area contributed by atoms with Crippen LogP contribution in [0.15, 0.2) is 29.0 Å². The standard InChI is InChI=1S/C17H23N5O2/c1-13(2)11-14-12-15(24-20-14)16(23)21-7-4-8-22(10-9-21)17-18-5-3-6-19-17/h3,5-6,12-13H,4,7-11H2,1-2H3. The largest absolute Gasteiger partial charge is 0.351 e. The molecular formula is C17H23N5O2. The number of carbonyl (C=O) groups excluding carboxylic acids is 1. The number of hydrogen-bond acceptors (Lipinski definition) is 6. The molecule has 128 valence electrons. The van der Waals surface area contributed by atoms with Gasteiger partial charge in [-0.25, -0.2) is 9.97 Å². The molecule has 2 aromatic rings. The molecule has 0 radical (unpaired) electrons. The first-order valence-electron chi connectivity index (χ1n) is 8.40. The Bertz CT molecular complexity index is 671. The number of amides is 1. The van der Waals surface area contributed by atoms with Gasteiger partial charge in [0, 0.05) is 44.6 Å². The summed E-state index contributed by atoms with van der Waals surface area (Å²) < 4.78 is 5.25. The third-order valence-electron chi connectivity index (χ3n) is 4.01. The van der Waals surface area contributed by atoms with Crippen molar-refractivity contribution in [2.45, 2.75) is 26.7 Å². The van der Waals surface area contributed by atoms with Crippen LogP contribution in [0.2, 0.25) is 0 Å². The highest BCUT2D eigenvalue weighted by Crippen LogP contribution is 2.15. The zero-order valence-electron chi connectivity index (χ0n) is 14.2. The number of rotatable bonds is 4. The summed E-state index contributed by atoms with van der Waals surface area (Å²) in [4.78, 5) is 25.1. The summed E-state index contributed by atoms with van der Waals surface area (Å²) in [6.07, 6.45) is 5.16. The summed E-state index contributed by atoms with van der Waals surface area (Å²) in [5, 5.41) is 4.01. The maximum Gasteiger partial charge on any atom is 0.292 e. The second kappa shape index (κ2) is 7.42. The summed E-state index contributed by atoms with van der Waals surface area (Å²) in [6.45, 7) is 7.10. The summed E-state index contributed by atoms with van der Waals surface area (Å²) in [5.74, 6) is 1.43. The lowest BCUT2D eigenvalue weighted by Gasteiger charge is -2.21. The Morgan fingerprint density at radius 3 is 2.75 bits per heavy atom. The molecular weight excluding hydrogens is 306 g/mol. The first-order chi connectivity index (χ1) is 11.6. The minimum Gasteiger partial charge on any atom is -0.351 e. The van der Waals surface area contributed by atoms with Crippen molar-refractivity contribution in [3.8, 4) is 0 Å². The summed E-state index contributed by atoms with van der Waals surface area (Å²) >= 11 is 0. The van der Waals surface area contributed by atoms with E-state index in [2.05, 4.69) is 33.9 Å². The van der Waals surface area contributed by atoms with Crippen molar-refractivity contribution < 1.29 is 9.32 Å². The Morgan fingerprint density at radius 1 is 1.21 bits per heavy atom. The molecule has 7 heteroatoms. The second-order valence-corrected chi connectivity index (χ2v) is 6.46. The minimum atomic E-state index is -0.0895. The lowest BCUT2D eigenvalue weighted by molar-refractivity contribution is 0.0725. The number of nitrogens with zero attached hydrogens (tertiary/aromatic N) is 5. The molecule has 0 bridgehead atoms. The van der Waals surface area contributed by atoms with Gasteiger partial charge < -0.3 is 14.3 Å². The molecule has 0 unspecified atom stereocenters. The molecule has 24 heavy (non-hydrogen) atoms. The van der Waals surface area contributed by atoms with Crippen molar-refractivity contribution in [3.63, 3.8) is 0 Å². The fourth-order valence-corrected chi connectivity index (χ4v) is 2.86. The first-order valence-corrected chi connectivity index (χ1v) is 8.40. The zero-order chi connectivity index (χ0) is 16.9. The average molecular weight is 329 g/mol. The van der Waals surface area contributed by atoms with Crippen LogP contribution in [0.1, 0.15) is 36.5 Å². The fourth-order valence-electron chi connectivity index (χ4n) is 2.86. The molecule has 0 saturated carbocycles. The van der Waals surface area contributed by atoms with Crippen LogP contribution in [-0.4, -0.2) is 52.1 Å². The normalized spacial score (nSPS) is 15.6. The summed E-state index contributed by atoms with van der Waals surface area (Å²) in [5.41, 5.74) is 0.836. The Balaban J connectivity index is 1.63. The fraction of sp³-hybridized carbons (Fsp3) is 0.529. The van der Waals surface area contributed by atoms with E-state index in [0.717, 1.165) is 25.1 Å². The molecule has 1 aliphatic rings. The van der Waals surface area contributed by atoms with Gasteiger partial charge in [0.15, 0.2) is 0 Å². The Kier molecular flexibility index (Phi) is 5.08. The lowest BCUT2D eigenvalue weighted by atomic mass is 10.1. The maximum absolute atomic E-state index is 12.6. The van der Waals surface area contributed by atoms with Crippen molar-refractivity contribution in [1.82, 2.24) is 20.0 Å². The maximum atomic E-state index is 12.6. The number of hydrogen-bond donors (Lipinski definition) is 0. The molecule has 3 rings (SSSR count). The lowest BCUT2D eigenvalue weighted by Crippen LogP contribution is -2.35. The van der Waals surface area contributed by atoms with Gasteiger partial charge >= 0.3 is 0 Å². The monoisotopic (exact) mass is 329 g/mol. The number of anilines is 1. The van der Waals surface area contributed by atoms with Crippen LogP contribution in [0.3, 0.4) is 0 Å². The number of aromatic nitrogens is 3. The van der Waals surface area contributed by atoms with Gasteiger partial charge in [0.2, 0.25) is 11.7 Å². The van der Waals surface area contributed by atoms with Gasteiger partial charge in [-0.2, -0.15) is 0 Å². The highest BCUT2D eigenvalue weighted by molar-refractivity contribution is 5.91. The smallest absolute Gasteiger partial charge is 0.292 e. The van der Waals surface area contributed by atoms with Gasteiger partial charge in [-0.1, -0.05) is 19.0 Å². The second-order valence-electron chi connectivity index (χ2n) is 6.46. The minimum absolute atomic E-state index is 0.0895. The predicted octanol–water partition coefficient (Wildman–Crippen LogP) is 2.02. The predicted molar refractivity (Wildman–Crippen MR) is 89.8 cm³/mol. The van der Waals surface area contributed by atoms with Crippen LogP contribution in [0.5, 0.6) is 0 Å². The van der Waals surface area contributed by atoms with E-state index in [1.165, 1.54) is 0 Å². The van der Waals surface area contributed by atoms with Crippen LogP contribution < -0.4 is 4.90 Å². The topological polar surface area (TPSA) is 75.4 Å². The van der Waals surface area contributed by atoms with E-state index >= 15 is 0 Å². The van der Waals surface area contributed by atoms with Crippen LogP contribution in [0.25, 0.3) is 0 Å². The third-order valence-corrected chi connectivity index (χ3v) is 4.01. The van der Waals surface area contributed by atoms with Crippen LogP contribution in [0, 0.1) is 5.92 Å². The van der Waals surface area contributed by atoms with Gasteiger partial charge in [0.05, 0.1) is 5.69 Å². The molecule has 0 aliphatic carbocycles. The van der Waals surface area contributed by atoms with E-state index in [1.807, 2.05) is 4.90 Å². The van der Waals surface area contributed by atoms with Gasteiger partial charge in [-0.15, -0.1) is 0 Å². The zero-order valence-corrected chi connectivity index (χ0v) is 14.2. The highest BCUT2D eigenvalue weighted by Gasteiger charge is 2.24. The van der Waals surface area contributed by atoms with E-state index < -0.39 is 0 Å². The first kappa shape index (κ1) is 16.4. The van der Waals surface area contributed by atoms with E-state index in [9.17, 15) is 4.79 Å². The van der Waals surface area contributed by atoms with E-state index in [-0.39, 0.29) is 5.91 Å². The average Bonchev–Trinajstić information content (AvgIpc) is 2.90. The molecule has 2 aromatic heterocycles. The molecule has 0 spiro atoms. The van der Waals surface area contributed by atoms with E-state index in [4.69, 9.17) is 4.52 Å². The van der Waals surface area contributed by atoms with Gasteiger partial charge in [-0.05, 0) is 24.8 Å². The van der Waals surface area contributed by atoms with Crippen LogP contribution >= 0.6 is 0 Å². The van der Waals surface area contributed by atoms with Gasteiger partial charge in [0.25, 0.3) is 5.91 Å². The third kappa shape index (κ3) is 3.90. The SMILES string of the molecule is CC(C)Cc1cc(C(=O)N2CCCN(c3ncccn3)CC2)on1. The molecule has 0 atom stereocenters. The quantitative estimate of drug-likeness (QED) is 0.854. The Hall–Kier alpha value is -2.44. The van der Waals surface area contributed by atoms with Crippen molar-refractivity contribution >= 4 is 11.9 Å². The van der Waals surface area contributed by atoms with E-state index in [0.29, 0.717) is 37.3 Å². The van der Waals surface area contributed by atoms with Crippen LogP contribution in [0.4, 0.5) is 5.95 Å². The van der Waals surface area contributed by atoms with Crippen molar-refractivity contribution in [2.75, 3.05) is 31.1 Å². The number of carbonyl (C=O) groups is 1. The Labute approximate surface area is 141 Å². The van der Waals surface area contributed by atoms with Crippen molar-refractivity contribution in [2.24, 2.45) is 5.92 Å². The molecule has 0 aromatic carbocycles. The van der Waals surface area contributed by atoms with Crippen molar-refractivity contribution in [3.05, 3.63) is 36.0 Å². The molecule has 1 fully saturated rings. The molecule has 1 aliphatic heterocycles. The Morgan fingerprint density at radius 2 is 2.00 bits per heavy atom. The molecule has 7 nitrogen and oxygen atoms in total. The summed E-state index contributed by atoms with van der Waals surface area (Å²) in [6, 6.07) is 3.57. The molecule has 0 N–H and O–H groups in total. The van der Waals surface area contributed by atoms with E-state index in [1.54, 1.807) is 24.5 Å². The van der Waals surface area contributed by atoms with Crippen LogP contribution in [-0.2, 0) is 6.42 Å². The highest BCUT2D eigenvalue weighted by atomic mass is 16.5. The van der Waals surface area contributed by atoms with Crippen molar-refractivity contribution in [1.29, 1.82) is 0 Å². The molecule has 3 heterocycles. The van der Waals surface area contributed by atoms with Gasteiger partial charge in [-0.3, -0.25) is 4.79 Å². The van der Waals surface area contributed by atoms with Gasteiger partial charge in [0.1, 0.15) is 0 Å². The molecule has 1 saturated heterocycles.